The molecule has 0 aliphatic heterocycles. The third kappa shape index (κ3) is 6.79. The van der Waals surface area contributed by atoms with Gasteiger partial charge in [0.1, 0.15) is 5.75 Å². The van der Waals surface area contributed by atoms with Gasteiger partial charge in [0.15, 0.2) is 0 Å². The van der Waals surface area contributed by atoms with Gasteiger partial charge in [-0.2, -0.15) is 0 Å². The number of benzene rings is 1. The molecule has 0 aromatic heterocycles. The van der Waals surface area contributed by atoms with Crippen LogP contribution in [0, 0.1) is 0 Å². The molecule has 0 spiro atoms. The molecule has 0 aliphatic carbocycles. The summed E-state index contributed by atoms with van der Waals surface area (Å²) in [7, 11) is 0. The molecule has 0 fully saturated rings. The van der Waals surface area contributed by atoms with Gasteiger partial charge in [-0.25, -0.2) is 4.79 Å². The van der Waals surface area contributed by atoms with Crippen molar-refractivity contribution in [2.75, 3.05) is 13.2 Å². The number of rotatable bonds is 8. The first-order valence-corrected chi connectivity index (χ1v) is 7.12. The van der Waals surface area contributed by atoms with Crippen molar-refractivity contribution in [3.8, 4) is 5.75 Å². The fourth-order valence-electron chi connectivity index (χ4n) is 1.61. The van der Waals surface area contributed by atoms with E-state index in [2.05, 4.69) is 0 Å². The Morgan fingerprint density at radius 1 is 1.14 bits per heavy atom. The van der Waals surface area contributed by atoms with E-state index in [9.17, 15) is 9.59 Å². The van der Waals surface area contributed by atoms with Gasteiger partial charge >= 0.3 is 11.9 Å². The predicted molar refractivity (Wildman–Crippen MR) is 78.4 cm³/mol. The summed E-state index contributed by atoms with van der Waals surface area (Å²) in [5, 5.41) is 0. The molecular formula is C16H22O5. The van der Waals surface area contributed by atoms with Crippen molar-refractivity contribution in [3.05, 3.63) is 29.8 Å². The average Bonchev–Trinajstić information content (AvgIpc) is 2.44. The van der Waals surface area contributed by atoms with Crippen LogP contribution in [0.1, 0.15) is 44.0 Å². The van der Waals surface area contributed by atoms with E-state index in [0.29, 0.717) is 37.4 Å². The number of esters is 2. The minimum absolute atomic E-state index is 0.142. The molecule has 0 N–H and O–H groups in total. The minimum Gasteiger partial charge on any atom is -0.494 e. The second-order valence-corrected chi connectivity index (χ2v) is 4.74. The molecule has 0 bridgehead atoms. The van der Waals surface area contributed by atoms with Crippen molar-refractivity contribution in [3.63, 3.8) is 0 Å². The van der Waals surface area contributed by atoms with E-state index in [-0.39, 0.29) is 18.0 Å². The molecular weight excluding hydrogens is 272 g/mol. The lowest BCUT2D eigenvalue weighted by Gasteiger charge is -2.09. The molecule has 0 radical (unpaired) electrons. The van der Waals surface area contributed by atoms with Crippen LogP contribution in [0.15, 0.2) is 24.3 Å². The van der Waals surface area contributed by atoms with E-state index in [4.69, 9.17) is 14.2 Å². The zero-order valence-corrected chi connectivity index (χ0v) is 12.8. The molecule has 5 heteroatoms. The van der Waals surface area contributed by atoms with Crippen molar-refractivity contribution in [2.45, 2.75) is 39.7 Å². The summed E-state index contributed by atoms with van der Waals surface area (Å²) in [5.74, 6) is 0.0895. The molecule has 5 nitrogen and oxygen atoms in total. The first-order valence-electron chi connectivity index (χ1n) is 7.12. The first-order chi connectivity index (χ1) is 10.0. The maximum atomic E-state index is 11.6. The summed E-state index contributed by atoms with van der Waals surface area (Å²) < 4.78 is 15.4. The maximum Gasteiger partial charge on any atom is 0.338 e. The van der Waals surface area contributed by atoms with Crippen LogP contribution < -0.4 is 4.74 Å². The van der Waals surface area contributed by atoms with Crippen molar-refractivity contribution in [2.24, 2.45) is 0 Å². The molecule has 0 saturated carbocycles. The van der Waals surface area contributed by atoms with E-state index < -0.39 is 0 Å². The Labute approximate surface area is 125 Å². The minimum atomic E-state index is -0.348. The number of carbonyl (C=O) groups is 2. The van der Waals surface area contributed by atoms with Crippen molar-refractivity contribution in [1.82, 2.24) is 0 Å². The summed E-state index contributed by atoms with van der Waals surface area (Å²) in [6.07, 6.45) is 0.791. The molecule has 0 amide bonds. The number of hydrogen-bond acceptors (Lipinski definition) is 5. The molecule has 1 rings (SSSR count). The van der Waals surface area contributed by atoms with Gasteiger partial charge in [0.25, 0.3) is 0 Å². The lowest BCUT2D eigenvalue weighted by atomic mass is 10.2. The van der Waals surface area contributed by atoms with E-state index in [1.807, 2.05) is 0 Å². The molecule has 0 atom stereocenters. The second-order valence-electron chi connectivity index (χ2n) is 4.74. The molecule has 1 aromatic rings. The highest BCUT2D eigenvalue weighted by molar-refractivity contribution is 5.89. The normalized spacial score (nSPS) is 10.3. The summed E-state index contributed by atoms with van der Waals surface area (Å²) >= 11 is 0. The SMILES string of the molecule is CCOC(=O)CCCOc1ccc(C(=O)OC(C)C)cc1. The molecule has 116 valence electrons. The van der Waals surface area contributed by atoms with Crippen molar-refractivity contribution < 1.29 is 23.8 Å². The zero-order valence-electron chi connectivity index (χ0n) is 12.8. The van der Waals surface area contributed by atoms with Gasteiger partial charge in [-0.15, -0.1) is 0 Å². The van der Waals surface area contributed by atoms with Gasteiger partial charge in [-0.3, -0.25) is 4.79 Å². The Kier molecular flexibility index (Phi) is 7.29. The number of carbonyl (C=O) groups excluding carboxylic acids is 2. The standard InChI is InChI=1S/C16H22O5/c1-4-19-15(17)6-5-11-20-14-9-7-13(8-10-14)16(18)21-12(2)3/h7-10,12H,4-6,11H2,1-3H3. The van der Waals surface area contributed by atoms with Crippen LogP contribution in [0.2, 0.25) is 0 Å². The summed E-state index contributed by atoms with van der Waals surface area (Å²) in [4.78, 5) is 22.8. The third-order valence-corrected chi connectivity index (χ3v) is 2.53. The van der Waals surface area contributed by atoms with Gasteiger partial charge in [-0.1, -0.05) is 0 Å². The van der Waals surface area contributed by atoms with Crippen molar-refractivity contribution >= 4 is 11.9 Å². The Hall–Kier alpha value is -2.04. The molecule has 1 aromatic carbocycles. The van der Waals surface area contributed by atoms with Gasteiger partial charge in [0.2, 0.25) is 0 Å². The number of ether oxygens (including phenoxy) is 3. The summed E-state index contributed by atoms with van der Waals surface area (Å²) in [5.41, 5.74) is 0.488. The van der Waals surface area contributed by atoms with Gasteiger partial charge in [-0.05, 0) is 51.5 Å². The fourth-order valence-corrected chi connectivity index (χ4v) is 1.61. The molecule has 0 unspecified atom stereocenters. The average molecular weight is 294 g/mol. The second kappa shape index (κ2) is 9.00. The zero-order chi connectivity index (χ0) is 15.7. The Bertz CT molecular complexity index is 450. The van der Waals surface area contributed by atoms with Crippen LogP contribution in [-0.4, -0.2) is 31.3 Å². The highest BCUT2D eigenvalue weighted by atomic mass is 16.5. The third-order valence-electron chi connectivity index (χ3n) is 2.53. The van der Waals surface area contributed by atoms with Crippen LogP contribution in [0.25, 0.3) is 0 Å². The fraction of sp³-hybridized carbons (Fsp3) is 0.500. The molecule has 0 saturated heterocycles. The van der Waals surface area contributed by atoms with E-state index in [1.54, 1.807) is 45.0 Å². The monoisotopic (exact) mass is 294 g/mol. The topological polar surface area (TPSA) is 61.8 Å². The Morgan fingerprint density at radius 3 is 2.38 bits per heavy atom. The van der Waals surface area contributed by atoms with Crippen molar-refractivity contribution in [1.29, 1.82) is 0 Å². The van der Waals surface area contributed by atoms with Crippen LogP contribution in [0.3, 0.4) is 0 Å². The number of hydrogen-bond donors (Lipinski definition) is 0. The highest BCUT2D eigenvalue weighted by Gasteiger charge is 2.09. The van der Waals surface area contributed by atoms with Gasteiger partial charge in [0, 0.05) is 6.42 Å². The largest absolute Gasteiger partial charge is 0.494 e. The van der Waals surface area contributed by atoms with E-state index >= 15 is 0 Å². The quantitative estimate of drug-likeness (QED) is 0.545. The summed E-state index contributed by atoms with van der Waals surface area (Å²) in [6.45, 7) is 6.21. The molecule has 21 heavy (non-hydrogen) atoms. The van der Waals surface area contributed by atoms with Crippen LogP contribution in [0.5, 0.6) is 5.75 Å². The highest BCUT2D eigenvalue weighted by Crippen LogP contribution is 2.14. The first kappa shape index (κ1) is 17.0. The predicted octanol–water partition coefficient (Wildman–Crippen LogP) is 2.97. The van der Waals surface area contributed by atoms with Crippen LogP contribution in [-0.2, 0) is 14.3 Å². The molecule has 0 aliphatic rings. The van der Waals surface area contributed by atoms with E-state index in [1.165, 1.54) is 0 Å². The lowest BCUT2D eigenvalue weighted by Crippen LogP contribution is -2.11. The molecule has 0 heterocycles. The Balaban J connectivity index is 2.34. The summed E-state index contributed by atoms with van der Waals surface area (Å²) in [6, 6.07) is 6.74. The van der Waals surface area contributed by atoms with Gasteiger partial charge < -0.3 is 14.2 Å². The van der Waals surface area contributed by atoms with E-state index in [0.717, 1.165) is 0 Å². The van der Waals surface area contributed by atoms with Crippen LogP contribution >= 0.6 is 0 Å². The maximum absolute atomic E-state index is 11.6. The smallest absolute Gasteiger partial charge is 0.338 e. The lowest BCUT2D eigenvalue weighted by molar-refractivity contribution is -0.143. The van der Waals surface area contributed by atoms with Crippen LogP contribution in [0.4, 0.5) is 0 Å². The van der Waals surface area contributed by atoms with Gasteiger partial charge in [0.05, 0.1) is 24.9 Å². The Morgan fingerprint density at radius 2 is 1.81 bits per heavy atom.